The molecular formula is C13H15N3O2. The Morgan fingerprint density at radius 2 is 2.28 bits per heavy atom. The summed E-state index contributed by atoms with van der Waals surface area (Å²) in [5.41, 5.74) is 1.97. The van der Waals surface area contributed by atoms with E-state index in [4.69, 9.17) is 4.74 Å². The van der Waals surface area contributed by atoms with E-state index in [1.807, 2.05) is 25.3 Å². The molecule has 0 aromatic carbocycles. The predicted octanol–water partition coefficient (Wildman–Crippen LogP) is 2.21. The summed E-state index contributed by atoms with van der Waals surface area (Å²) in [6.45, 7) is 4.07. The van der Waals surface area contributed by atoms with Crippen molar-refractivity contribution in [2.24, 2.45) is 0 Å². The van der Waals surface area contributed by atoms with Crippen molar-refractivity contribution < 1.29 is 9.53 Å². The van der Waals surface area contributed by atoms with Crippen LogP contribution >= 0.6 is 0 Å². The minimum atomic E-state index is -0.368. The van der Waals surface area contributed by atoms with Crippen LogP contribution in [0, 0.1) is 0 Å². The first-order valence-electron chi connectivity index (χ1n) is 5.93. The Kier molecular flexibility index (Phi) is 3.72. The van der Waals surface area contributed by atoms with Gasteiger partial charge in [-0.05, 0) is 25.5 Å². The normalized spacial score (nSPS) is 10.3. The topological polar surface area (TPSA) is 67.9 Å². The van der Waals surface area contributed by atoms with Gasteiger partial charge in [0.25, 0.3) is 0 Å². The Labute approximate surface area is 105 Å². The summed E-state index contributed by atoms with van der Waals surface area (Å²) in [6, 6.07) is 3.77. The summed E-state index contributed by atoms with van der Waals surface area (Å²) in [4.78, 5) is 23.3. The minimum Gasteiger partial charge on any atom is -0.462 e. The van der Waals surface area contributed by atoms with Crippen molar-refractivity contribution in [1.82, 2.24) is 15.0 Å². The quantitative estimate of drug-likeness (QED) is 0.838. The van der Waals surface area contributed by atoms with Gasteiger partial charge in [0.2, 0.25) is 0 Å². The summed E-state index contributed by atoms with van der Waals surface area (Å²) in [5.74, 6) is 0.220. The number of esters is 1. The van der Waals surface area contributed by atoms with E-state index in [-0.39, 0.29) is 5.97 Å². The molecule has 0 unspecified atom stereocenters. The lowest BCUT2D eigenvalue weighted by Crippen LogP contribution is -2.11. The van der Waals surface area contributed by atoms with Crippen LogP contribution in [0.25, 0.3) is 11.5 Å². The molecule has 0 aliphatic heterocycles. The first-order chi connectivity index (χ1) is 8.76. The average molecular weight is 245 g/mol. The van der Waals surface area contributed by atoms with Gasteiger partial charge < -0.3 is 9.72 Å². The first-order valence-corrected chi connectivity index (χ1v) is 5.93. The van der Waals surface area contributed by atoms with E-state index in [9.17, 15) is 4.79 Å². The second-order valence-electron chi connectivity index (χ2n) is 3.71. The van der Waals surface area contributed by atoms with Crippen LogP contribution in [0.2, 0.25) is 0 Å². The molecule has 0 bridgehead atoms. The number of rotatable bonds is 4. The van der Waals surface area contributed by atoms with E-state index in [0.717, 1.165) is 5.69 Å². The van der Waals surface area contributed by atoms with E-state index in [2.05, 4.69) is 15.0 Å². The molecule has 18 heavy (non-hydrogen) atoms. The van der Waals surface area contributed by atoms with Crippen LogP contribution in [0.5, 0.6) is 0 Å². The molecule has 1 N–H and O–H groups in total. The number of H-pyrrole nitrogens is 1. The Morgan fingerprint density at radius 1 is 1.44 bits per heavy atom. The molecule has 0 aliphatic carbocycles. The van der Waals surface area contributed by atoms with Gasteiger partial charge in [-0.15, -0.1) is 0 Å². The van der Waals surface area contributed by atoms with E-state index in [0.29, 0.717) is 30.1 Å². The molecule has 2 heterocycles. The molecule has 5 nitrogen and oxygen atoms in total. The van der Waals surface area contributed by atoms with Gasteiger partial charge in [0.1, 0.15) is 0 Å². The molecule has 0 fully saturated rings. The van der Waals surface area contributed by atoms with E-state index in [1.165, 1.54) is 6.20 Å². The molecule has 0 atom stereocenters. The Balaban J connectivity index is 2.37. The van der Waals surface area contributed by atoms with Crippen LogP contribution in [-0.2, 0) is 11.2 Å². The zero-order valence-electron chi connectivity index (χ0n) is 10.4. The monoisotopic (exact) mass is 245 g/mol. The number of carbonyl (C=O) groups is 1. The molecule has 0 spiro atoms. The molecule has 94 valence electrons. The van der Waals surface area contributed by atoms with Gasteiger partial charge in [0.15, 0.2) is 5.82 Å². The molecule has 0 saturated heterocycles. The van der Waals surface area contributed by atoms with Crippen molar-refractivity contribution in [1.29, 1.82) is 0 Å². The van der Waals surface area contributed by atoms with Gasteiger partial charge in [-0.1, -0.05) is 6.92 Å². The fourth-order valence-corrected chi connectivity index (χ4v) is 1.67. The zero-order chi connectivity index (χ0) is 13.0. The van der Waals surface area contributed by atoms with Crippen molar-refractivity contribution in [3.63, 3.8) is 0 Å². The van der Waals surface area contributed by atoms with E-state index < -0.39 is 0 Å². The fraction of sp³-hybridized carbons (Fsp3) is 0.308. The average Bonchev–Trinajstić information content (AvgIpc) is 2.92. The molecular weight excluding hydrogens is 230 g/mol. The van der Waals surface area contributed by atoms with Gasteiger partial charge in [-0.2, -0.15) is 0 Å². The molecule has 2 rings (SSSR count). The largest absolute Gasteiger partial charge is 0.462 e. The van der Waals surface area contributed by atoms with Crippen LogP contribution < -0.4 is 0 Å². The molecule has 2 aromatic heterocycles. The highest BCUT2D eigenvalue weighted by Crippen LogP contribution is 2.15. The van der Waals surface area contributed by atoms with Crippen LogP contribution in [0.4, 0.5) is 0 Å². The summed E-state index contributed by atoms with van der Waals surface area (Å²) >= 11 is 0. The van der Waals surface area contributed by atoms with Crippen molar-refractivity contribution in [3.05, 3.63) is 35.8 Å². The maximum Gasteiger partial charge on any atom is 0.341 e. The molecule has 0 saturated carbocycles. The second kappa shape index (κ2) is 5.44. The summed E-state index contributed by atoms with van der Waals surface area (Å²) in [7, 11) is 0. The molecule has 2 aromatic rings. The second-order valence-corrected chi connectivity index (χ2v) is 3.71. The number of aromatic amines is 1. The Morgan fingerprint density at radius 3 is 2.89 bits per heavy atom. The van der Waals surface area contributed by atoms with Crippen LogP contribution in [0.3, 0.4) is 0 Å². The molecule has 5 heteroatoms. The standard InChI is InChI=1S/C13H15N3O2/c1-3-10-9(13(17)18-4-2)8-15-12(16-10)11-6-5-7-14-11/h5-8,14H,3-4H2,1-2H3. The van der Waals surface area contributed by atoms with Crippen LogP contribution in [0.15, 0.2) is 24.5 Å². The van der Waals surface area contributed by atoms with Gasteiger partial charge in [0.05, 0.1) is 23.6 Å². The van der Waals surface area contributed by atoms with Gasteiger partial charge in [0, 0.05) is 12.4 Å². The van der Waals surface area contributed by atoms with Crippen LogP contribution in [-0.4, -0.2) is 27.5 Å². The third-order valence-corrected chi connectivity index (χ3v) is 2.54. The van der Waals surface area contributed by atoms with Gasteiger partial charge in [-0.25, -0.2) is 14.8 Å². The van der Waals surface area contributed by atoms with Crippen molar-refractivity contribution >= 4 is 5.97 Å². The highest BCUT2D eigenvalue weighted by atomic mass is 16.5. The van der Waals surface area contributed by atoms with Gasteiger partial charge >= 0.3 is 5.97 Å². The zero-order valence-corrected chi connectivity index (χ0v) is 10.4. The van der Waals surface area contributed by atoms with Crippen molar-refractivity contribution in [2.45, 2.75) is 20.3 Å². The number of hydrogen-bond donors (Lipinski definition) is 1. The Hall–Kier alpha value is -2.17. The van der Waals surface area contributed by atoms with E-state index >= 15 is 0 Å². The third kappa shape index (κ3) is 2.40. The fourth-order valence-electron chi connectivity index (χ4n) is 1.67. The van der Waals surface area contributed by atoms with Gasteiger partial charge in [-0.3, -0.25) is 0 Å². The third-order valence-electron chi connectivity index (χ3n) is 2.54. The number of aryl methyl sites for hydroxylation is 1. The smallest absolute Gasteiger partial charge is 0.341 e. The summed E-state index contributed by atoms with van der Waals surface area (Å²) < 4.78 is 4.97. The Bertz CT molecular complexity index is 535. The number of nitrogens with zero attached hydrogens (tertiary/aromatic N) is 2. The summed E-state index contributed by atoms with van der Waals surface area (Å²) in [6.07, 6.45) is 3.99. The lowest BCUT2D eigenvalue weighted by Gasteiger charge is -2.07. The van der Waals surface area contributed by atoms with Crippen LogP contribution in [0.1, 0.15) is 29.9 Å². The number of aromatic nitrogens is 3. The van der Waals surface area contributed by atoms with E-state index in [1.54, 1.807) is 6.92 Å². The number of hydrogen-bond acceptors (Lipinski definition) is 4. The maximum absolute atomic E-state index is 11.7. The molecule has 0 radical (unpaired) electrons. The SMILES string of the molecule is CCOC(=O)c1cnc(-c2ccc[nH]2)nc1CC. The first kappa shape index (κ1) is 12.3. The molecule has 0 aliphatic rings. The number of ether oxygens (including phenoxy) is 1. The minimum absolute atomic E-state index is 0.348. The maximum atomic E-state index is 11.7. The lowest BCUT2D eigenvalue weighted by atomic mass is 10.2. The van der Waals surface area contributed by atoms with Crippen molar-refractivity contribution in [2.75, 3.05) is 6.61 Å². The number of nitrogens with one attached hydrogen (secondary N) is 1. The molecule has 0 amide bonds. The number of carbonyl (C=O) groups excluding carboxylic acids is 1. The predicted molar refractivity (Wildman–Crippen MR) is 67.2 cm³/mol. The lowest BCUT2D eigenvalue weighted by molar-refractivity contribution is 0.0524. The summed E-state index contributed by atoms with van der Waals surface area (Å²) in [5, 5.41) is 0. The highest BCUT2D eigenvalue weighted by molar-refractivity contribution is 5.90. The van der Waals surface area contributed by atoms with Crippen molar-refractivity contribution in [3.8, 4) is 11.5 Å². The highest BCUT2D eigenvalue weighted by Gasteiger charge is 2.15.